The van der Waals surface area contributed by atoms with Crippen molar-refractivity contribution in [2.75, 3.05) is 0 Å². The predicted molar refractivity (Wildman–Crippen MR) is 42.5 cm³/mol. The zero-order valence-electron chi connectivity index (χ0n) is 7.11. The zero-order chi connectivity index (χ0) is 11.6. The summed E-state index contributed by atoms with van der Waals surface area (Å²) in [6.07, 6.45) is -2.44. The minimum absolute atomic E-state index is 0.562. The minimum Gasteiger partial charge on any atom is -0.504 e. The number of hydrogen-bond acceptors (Lipinski definition) is 4. The average molecular weight is 214 g/mol. The molecule has 0 spiro atoms. The van der Waals surface area contributed by atoms with Crippen LogP contribution in [0.5, 0.6) is 5.75 Å². The van der Waals surface area contributed by atoms with E-state index in [1.165, 1.54) is 6.07 Å². The average Bonchev–Trinajstić information content (AvgIpc) is 2.16. The van der Waals surface area contributed by atoms with Crippen molar-refractivity contribution in [1.29, 1.82) is 5.26 Å². The highest BCUT2D eigenvalue weighted by Gasteiger charge is 2.22. The van der Waals surface area contributed by atoms with E-state index in [4.69, 9.17) is 10.4 Å². The van der Waals surface area contributed by atoms with Gasteiger partial charge in [-0.1, -0.05) is 0 Å². The lowest BCUT2D eigenvalue weighted by atomic mass is 10.1. The van der Waals surface area contributed by atoms with Crippen LogP contribution in [0.15, 0.2) is 6.20 Å². The molecule has 78 valence electrons. The first-order valence-corrected chi connectivity index (χ1v) is 3.62. The molecule has 7 heteroatoms. The third-order valence-corrected chi connectivity index (χ3v) is 1.63. The highest BCUT2D eigenvalue weighted by Crippen LogP contribution is 2.29. The van der Waals surface area contributed by atoms with Crippen LogP contribution in [0.2, 0.25) is 0 Å². The first-order valence-electron chi connectivity index (χ1n) is 3.62. The minimum atomic E-state index is -3.00. The molecule has 0 aliphatic heterocycles. The van der Waals surface area contributed by atoms with Gasteiger partial charge in [0.2, 0.25) is 0 Å². The van der Waals surface area contributed by atoms with Crippen LogP contribution in [-0.2, 0) is 0 Å². The molecule has 0 atom stereocenters. The molecule has 0 bridgehead atoms. The molecule has 1 rings (SSSR count). The van der Waals surface area contributed by atoms with Crippen LogP contribution >= 0.6 is 0 Å². The Labute approximate surface area is 82.2 Å². The van der Waals surface area contributed by atoms with Gasteiger partial charge in [0.25, 0.3) is 6.43 Å². The fourth-order valence-corrected chi connectivity index (χ4v) is 0.954. The van der Waals surface area contributed by atoms with Gasteiger partial charge in [-0.25, -0.2) is 18.6 Å². The monoisotopic (exact) mass is 214 g/mol. The lowest BCUT2D eigenvalue weighted by Gasteiger charge is -2.05. The molecule has 0 aliphatic rings. The number of carboxylic acid groups (broad SMARTS) is 1. The van der Waals surface area contributed by atoms with Gasteiger partial charge in [-0.2, -0.15) is 5.26 Å². The lowest BCUT2D eigenvalue weighted by Crippen LogP contribution is -2.04. The largest absolute Gasteiger partial charge is 0.504 e. The quantitative estimate of drug-likeness (QED) is 0.773. The van der Waals surface area contributed by atoms with Crippen molar-refractivity contribution < 1.29 is 23.8 Å². The molecule has 0 aliphatic carbocycles. The molecule has 0 unspecified atom stereocenters. The third-order valence-electron chi connectivity index (χ3n) is 1.63. The highest BCUT2D eigenvalue weighted by molar-refractivity contribution is 5.89. The summed E-state index contributed by atoms with van der Waals surface area (Å²) < 4.78 is 24.6. The van der Waals surface area contributed by atoms with Crippen molar-refractivity contribution in [2.45, 2.75) is 6.43 Å². The maximum atomic E-state index is 12.3. The summed E-state index contributed by atoms with van der Waals surface area (Å²) in [5, 5.41) is 26.2. The third kappa shape index (κ3) is 1.83. The Balaban J connectivity index is 3.48. The number of hydrogen-bond donors (Lipinski definition) is 2. The van der Waals surface area contributed by atoms with Gasteiger partial charge in [-0.15, -0.1) is 0 Å². The van der Waals surface area contributed by atoms with E-state index in [2.05, 4.69) is 4.98 Å². The van der Waals surface area contributed by atoms with Gasteiger partial charge in [-0.05, 0) is 0 Å². The van der Waals surface area contributed by atoms with E-state index in [9.17, 15) is 18.7 Å². The molecule has 0 saturated carbocycles. The van der Waals surface area contributed by atoms with Crippen LogP contribution < -0.4 is 0 Å². The van der Waals surface area contributed by atoms with E-state index in [0.29, 0.717) is 6.20 Å². The number of aromatic hydroxyl groups is 1. The van der Waals surface area contributed by atoms with E-state index in [1.54, 1.807) is 0 Å². The zero-order valence-corrected chi connectivity index (χ0v) is 7.11. The second kappa shape index (κ2) is 3.88. The SMILES string of the molecule is N#Cc1c(C(F)F)cnc(C(=O)O)c1O. The molecule has 1 aromatic rings. The van der Waals surface area contributed by atoms with Crippen LogP contribution in [0.4, 0.5) is 8.78 Å². The van der Waals surface area contributed by atoms with E-state index in [0.717, 1.165) is 0 Å². The van der Waals surface area contributed by atoms with E-state index in [1.807, 2.05) is 0 Å². The van der Waals surface area contributed by atoms with Crippen molar-refractivity contribution in [3.8, 4) is 11.8 Å². The molecule has 1 heterocycles. The van der Waals surface area contributed by atoms with Gasteiger partial charge in [0.15, 0.2) is 11.4 Å². The van der Waals surface area contributed by atoms with Crippen molar-refractivity contribution >= 4 is 5.97 Å². The molecule has 5 nitrogen and oxygen atoms in total. The van der Waals surface area contributed by atoms with Crippen LogP contribution in [0.3, 0.4) is 0 Å². The van der Waals surface area contributed by atoms with Crippen molar-refractivity contribution in [3.63, 3.8) is 0 Å². The number of alkyl halides is 2. The number of nitrogens with zero attached hydrogens (tertiary/aromatic N) is 2. The summed E-state index contributed by atoms with van der Waals surface area (Å²) in [6, 6.07) is 1.31. The predicted octanol–water partition coefficient (Wildman–Crippen LogP) is 1.29. The van der Waals surface area contributed by atoms with Gasteiger partial charge < -0.3 is 10.2 Å². The summed E-state index contributed by atoms with van der Waals surface area (Å²) in [7, 11) is 0. The number of aromatic carboxylic acids is 1. The normalized spacial score (nSPS) is 10.0. The molecule has 15 heavy (non-hydrogen) atoms. The van der Waals surface area contributed by atoms with Crippen LogP contribution in [-0.4, -0.2) is 21.2 Å². The fraction of sp³-hybridized carbons (Fsp3) is 0.125. The van der Waals surface area contributed by atoms with Gasteiger partial charge in [0.1, 0.15) is 11.6 Å². The Kier molecular flexibility index (Phi) is 2.80. The summed E-state index contributed by atoms with van der Waals surface area (Å²) in [6.45, 7) is 0. The van der Waals surface area contributed by atoms with Crippen LogP contribution in [0.25, 0.3) is 0 Å². The number of nitriles is 1. The number of rotatable bonds is 2. The van der Waals surface area contributed by atoms with Crippen molar-refractivity contribution in [1.82, 2.24) is 4.98 Å². The Morgan fingerprint density at radius 1 is 1.60 bits per heavy atom. The standard InChI is InChI=1S/C8H4F2N2O3/c9-7(10)4-2-12-5(8(14)15)6(13)3(4)1-11/h2,7,13H,(H,14,15). The molecule has 0 radical (unpaired) electrons. The molecule has 1 aromatic heterocycles. The second-order valence-electron chi connectivity index (χ2n) is 2.50. The van der Waals surface area contributed by atoms with E-state index in [-0.39, 0.29) is 0 Å². The number of halogens is 2. The van der Waals surface area contributed by atoms with Gasteiger partial charge in [0, 0.05) is 6.20 Å². The maximum Gasteiger partial charge on any atom is 0.358 e. The van der Waals surface area contributed by atoms with Gasteiger partial charge in [0.05, 0.1) is 5.56 Å². The summed E-state index contributed by atoms with van der Waals surface area (Å²) in [5.74, 6) is -2.63. The number of carboxylic acids is 1. The number of pyridine rings is 1. The van der Waals surface area contributed by atoms with Gasteiger partial charge >= 0.3 is 5.97 Å². The molecule has 0 saturated heterocycles. The molecular formula is C8H4F2N2O3. The topological polar surface area (TPSA) is 94.2 Å². The summed E-state index contributed by atoms with van der Waals surface area (Å²) in [4.78, 5) is 13.6. The van der Waals surface area contributed by atoms with Crippen molar-refractivity contribution in [3.05, 3.63) is 23.0 Å². The fourth-order valence-electron chi connectivity index (χ4n) is 0.954. The summed E-state index contributed by atoms with van der Waals surface area (Å²) >= 11 is 0. The summed E-state index contributed by atoms with van der Waals surface area (Å²) in [5.41, 5.74) is -2.38. The second-order valence-corrected chi connectivity index (χ2v) is 2.50. The van der Waals surface area contributed by atoms with E-state index < -0.39 is 35.0 Å². The first kappa shape index (κ1) is 10.8. The Hall–Kier alpha value is -2.23. The first-order chi connectivity index (χ1) is 6.99. The molecule has 0 aromatic carbocycles. The smallest absolute Gasteiger partial charge is 0.358 e. The molecular weight excluding hydrogens is 210 g/mol. The number of carbonyl (C=O) groups is 1. The molecule has 0 amide bonds. The Bertz CT molecular complexity index is 454. The van der Waals surface area contributed by atoms with Crippen LogP contribution in [0, 0.1) is 11.3 Å². The highest BCUT2D eigenvalue weighted by atomic mass is 19.3. The number of aromatic nitrogens is 1. The lowest BCUT2D eigenvalue weighted by molar-refractivity contribution is 0.0686. The van der Waals surface area contributed by atoms with E-state index >= 15 is 0 Å². The Morgan fingerprint density at radius 2 is 2.20 bits per heavy atom. The van der Waals surface area contributed by atoms with Crippen LogP contribution in [0.1, 0.15) is 28.0 Å². The Morgan fingerprint density at radius 3 is 2.60 bits per heavy atom. The van der Waals surface area contributed by atoms with Gasteiger partial charge in [-0.3, -0.25) is 0 Å². The molecule has 0 fully saturated rings. The molecule has 2 N–H and O–H groups in total. The maximum absolute atomic E-state index is 12.3. The van der Waals surface area contributed by atoms with Crippen molar-refractivity contribution in [2.24, 2.45) is 0 Å².